The number of likely N-dealkylation sites (N-methyl/N-ethyl adjacent to an activating group) is 1. The first kappa shape index (κ1) is 16.5. The Bertz CT molecular complexity index is 606. The van der Waals surface area contributed by atoms with Crippen LogP contribution < -0.4 is 9.62 Å². The van der Waals surface area contributed by atoms with Crippen molar-refractivity contribution in [1.29, 1.82) is 0 Å². The Morgan fingerprint density at radius 3 is 2.17 bits per heavy atom. The van der Waals surface area contributed by atoms with Gasteiger partial charge in [0.15, 0.2) is 0 Å². The summed E-state index contributed by atoms with van der Waals surface area (Å²) in [4.78, 5) is 4.63. The van der Waals surface area contributed by atoms with Crippen molar-refractivity contribution in [1.82, 2.24) is 9.21 Å². The molecule has 128 valence electrons. The van der Waals surface area contributed by atoms with Gasteiger partial charge in [-0.25, -0.2) is 0 Å². The molecule has 0 unspecified atom stereocenters. The van der Waals surface area contributed by atoms with Gasteiger partial charge in [-0.15, -0.1) is 0 Å². The van der Waals surface area contributed by atoms with E-state index in [4.69, 9.17) is 4.74 Å². The first-order valence-corrected chi connectivity index (χ1v) is 9.38. The summed E-state index contributed by atoms with van der Waals surface area (Å²) in [5, 5.41) is 0. The highest BCUT2D eigenvalue weighted by Gasteiger charge is 2.24. The first-order valence-electron chi connectivity index (χ1n) is 7.94. The number of rotatable bonds is 4. The summed E-state index contributed by atoms with van der Waals surface area (Å²) in [7, 11) is -1.37. The molecule has 23 heavy (non-hydrogen) atoms. The molecule has 1 aromatic rings. The Labute approximate surface area is 138 Å². The molecular weight excluding hydrogens is 316 g/mol. The summed E-state index contributed by atoms with van der Waals surface area (Å²) in [6, 6.07) is 7.60. The van der Waals surface area contributed by atoms with E-state index in [1.807, 2.05) is 24.3 Å². The van der Waals surface area contributed by atoms with Gasteiger partial charge in [-0.2, -0.15) is 12.7 Å². The average molecular weight is 340 g/mol. The number of nitrogens with zero attached hydrogens (tertiary/aromatic N) is 3. The van der Waals surface area contributed by atoms with Crippen LogP contribution in [0.1, 0.15) is 0 Å². The molecule has 1 aromatic carbocycles. The maximum absolute atomic E-state index is 12.3. The van der Waals surface area contributed by atoms with Crippen molar-refractivity contribution in [3.8, 4) is 0 Å². The van der Waals surface area contributed by atoms with Crippen LogP contribution in [0.15, 0.2) is 24.3 Å². The maximum atomic E-state index is 12.3. The fraction of sp³-hybridized carbons (Fsp3) is 0.600. The molecule has 0 amide bonds. The summed E-state index contributed by atoms with van der Waals surface area (Å²) in [6.45, 7) is 5.78. The molecule has 0 spiro atoms. The maximum Gasteiger partial charge on any atom is 0.301 e. The third kappa shape index (κ3) is 4.14. The highest BCUT2D eigenvalue weighted by molar-refractivity contribution is 7.90. The van der Waals surface area contributed by atoms with Crippen molar-refractivity contribution >= 4 is 21.6 Å². The van der Waals surface area contributed by atoms with Gasteiger partial charge in [0, 0.05) is 50.6 Å². The number of nitrogens with one attached hydrogen (secondary N) is 1. The van der Waals surface area contributed by atoms with Crippen LogP contribution >= 0.6 is 0 Å². The molecule has 2 fully saturated rings. The van der Waals surface area contributed by atoms with Gasteiger partial charge in [0.1, 0.15) is 0 Å². The smallest absolute Gasteiger partial charge is 0.301 e. The fourth-order valence-corrected chi connectivity index (χ4v) is 4.00. The number of benzene rings is 1. The van der Waals surface area contributed by atoms with Crippen molar-refractivity contribution < 1.29 is 13.2 Å². The molecule has 0 atom stereocenters. The van der Waals surface area contributed by atoms with Gasteiger partial charge < -0.3 is 14.5 Å². The van der Waals surface area contributed by atoms with Gasteiger partial charge in [0.25, 0.3) is 0 Å². The second-order valence-electron chi connectivity index (χ2n) is 5.96. The number of hydrogen-bond donors (Lipinski definition) is 1. The lowest BCUT2D eigenvalue weighted by molar-refractivity contribution is 0.0733. The SMILES string of the molecule is CN1CCN(c2ccc(NS(=O)(=O)N3CCOCC3)cc2)CC1. The predicted molar refractivity (Wildman–Crippen MR) is 91.1 cm³/mol. The quantitative estimate of drug-likeness (QED) is 0.861. The Morgan fingerprint density at radius 2 is 1.57 bits per heavy atom. The minimum Gasteiger partial charge on any atom is -0.379 e. The van der Waals surface area contributed by atoms with Crippen molar-refractivity contribution in [2.45, 2.75) is 0 Å². The Morgan fingerprint density at radius 1 is 0.957 bits per heavy atom. The van der Waals surface area contributed by atoms with E-state index in [0.717, 1.165) is 31.9 Å². The molecule has 0 saturated carbocycles. The molecule has 2 aliphatic rings. The van der Waals surface area contributed by atoms with Gasteiger partial charge >= 0.3 is 10.2 Å². The monoisotopic (exact) mass is 340 g/mol. The zero-order chi connectivity index (χ0) is 16.3. The molecule has 2 aliphatic heterocycles. The third-order valence-corrected chi connectivity index (χ3v) is 5.83. The molecule has 8 heteroatoms. The van der Waals surface area contributed by atoms with E-state index in [1.165, 1.54) is 4.31 Å². The Kier molecular flexibility index (Phi) is 5.05. The molecule has 7 nitrogen and oxygen atoms in total. The Balaban J connectivity index is 1.63. The topological polar surface area (TPSA) is 65.1 Å². The van der Waals surface area contributed by atoms with E-state index >= 15 is 0 Å². The number of piperazine rings is 1. The van der Waals surface area contributed by atoms with Crippen LogP contribution in [-0.4, -0.2) is 77.2 Å². The standard InChI is InChI=1S/C15H24N4O3S/c1-17-6-8-18(9-7-17)15-4-2-14(3-5-15)16-23(20,21)19-10-12-22-13-11-19/h2-5,16H,6-13H2,1H3. The average Bonchev–Trinajstić information content (AvgIpc) is 2.57. The number of anilines is 2. The van der Waals surface area contributed by atoms with Crippen molar-refractivity contribution in [3.05, 3.63) is 24.3 Å². The van der Waals surface area contributed by atoms with Crippen LogP contribution in [0.2, 0.25) is 0 Å². The minimum atomic E-state index is -3.50. The Hall–Kier alpha value is -1.35. The summed E-state index contributed by atoms with van der Waals surface area (Å²) < 4.78 is 33.9. The molecule has 3 rings (SSSR count). The largest absolute Gasteiger partial charge is 0.379 e. The van der Waals surface area contributed by atoms with Crippen LogP contribution in [-0.2, 0) is 14.9 Å². The normalized spacial score (nSPS) is 21.3. The molecule has 0 aromatic heterocycles. The van der Waals surface area contributed by atoms with E-state index in [2.05, 4.69) is 21.6 Å². The van der Waals surface area contributed by atoms with Crippen molar-refractivity contribution in [2.75, 3.05) is 69.2 Å². The number of hydrogen-bond acceptors (Lipinski definition) is 5. The fourth-order valence-electron chi connectivity index (χ4n) is 2.81. The van der Waals surface area contributed by atoms with E-state index in [9.17, 15) is 8.42 Å². The van der Waals surface area contributed by atoms with E-state index < -0.39 is 10.2 Å². The van der Waals surface area contributed by atoms with Gasteiger partial charge in [0.05, 0.1) is 13.2 Å². The molecule has 2 heterocycles. The van der Waals surface area contributed by atoms with Crippen molar-refractivity contribution in [2.24, 2.45) is 0 Å². The van der Waals surface area contributed by atoms with Crippen LogP contribution in [0.5, 0.6) is 0 Å². The van der Waals surface area contributed by atoms with E-state index in [1.54, 1.807) is 0 Å². The van der Waals surface area contributed by atoms with Crippen molar-refractivity contribution in [3.63, 3.8) is 0 Å². The van der Waals surface area contributed by atoms with Gasteiger partial charge in [-0.3, -0.25) is 4.72 Å². The molecule has 0 radical (unpaired) electrons. The third-order valence-electron chi connectivity index (χ3n) is 4.29. The van der Waals surface area contributed by atoms with E-state index in [-0.39, 0.29) is 0 Å². The molecule has 0 bridgehead atoms. The summed E-state index contributed by atoms with van der Waals surface area (Å²) in [5.74, 6) is 0. The second-order valence-corrected chi connectivity index (χ2v) is 7.63. The second kappa shape index (κ2) is 7.04. The number of ether oxygens (including phenoxy) is 1. The highest BCUT2D eigenvalue weighted by Crippen LogP contribution is 2.20. The lowest BCUT2D eigenvalue weighted by Gasteiger charge is -2.34. The molecule has 1 N–H and O–H groups in total. The zero-order valence-electron chi connectivity index (χ0n) is 13.4. The molecule has 2 saturated heterocycles. The van der Waals surface area contributed by atoms with Gasteiger partial charge in [-0.1, -0.05) is 0 Å². The summed E-state index contributed by atoms with van der Waals surface area (Å²) in [5.41, 5.74) is 1.72. The van der Waals surface area contributed by atoms with Gasteiger partial charge in [-0.05, 0) is 31.3 Å². The van der Waals surface area contributed by atoms with E-state index in [0.29, 0.717) is 32.0 Å². The van der Waals surface area contributed by atoms with Crippen LogP contribution in [0.3, 0.4) is 0 Å². The lowest BCUT2D eigenvalue weighted by atomic mass is 10.2. The van der Waals surface area contributed by atoms with Crippen LogP contribution in [0.25, 0.3) is 0 Å². The first-order chi connectivity index (χ1) is 11.0. The molecule has 0 aliphatic carbocycles. The summed E-state index contributed by atoms with van der Waals surface area (Å²) in [6.07, 6.45) is 0. The van der Waals surface area contributed by atoms with Gasteiger partial charge in [0.2, 0.25) is 0 Å². The minimum absolute atomic E-state index is 0.398. The highest BCUT2D eigenvalue weighted by atomic mass is 32.2. The number of morpholine rings is 1. The van der Waals surface area contributed by atoms with Crippen LogP contribution in [0.4, 0.5) is 11.4 Å². The zero-order valence-corrected chi connectivity index (χ0v) is 14.3. The summed E-state index contributed by atoms with van der Waals surface area (Å²) >= 11 is 0. The molecular formula is C15H24N4O3S. The van der Waals surface area contributed by atoms with Crippen LogP contribution in [0, 0.1) is 0 Å². The lowest BCUT2D eigenvalue weighted by Crippen LogP contribution is -2.44. The predicted octanol–water partition coefficient (Wildman–Crippen LogP) is 0.427.